The molecule has 2 N–H and O–H groups in total. The first-order valence-electron chi connectivity index (χ1n) is 11.5. The monoisotopic (exact) mass is 481 g/mol. The van der Waals surface area contributed by atoms with Crippen LogP contribution in [0.4, 0.5) is 4.79 Å². The van der Waals surface area contributed by atoms with Crippen LogP contribution in [-0.4, -0.2) is 54.0 Å². The number of ether oxygens (including phenoxy) is 3. The summed E-state index contributed by atoms with van der Waals surface area (Å²) >= 11 is 0. The van der Waals surface area contributed by atoms with Gasteiger partial charge in [0.2, 0.25) is 5.91 Å². The number of urea groups is 1. The second-order valence-corrected chi connectivity index (χ2v) is 8.25. The summed E-state index contributed by atoms with van der Waals surface area (Å²) < 4.78 is 17.0. The van der Waals surface area contributed by atoms with Gasteiger partial charge >= 0.3 is 6.03 Å². The van der Waals surface area contributed by atoms with E-state index in [9.17, 15) is 19.2 Å². The van der Waals surface area contributed by atoms with Gasteiger partial charge in [0.05, 0.1) is 6.61 Å². The van der Waals surface area contributed by atoms with Crippen molar-refractivity contribution in [2.75, 3.05) is 19.8 Å². The van der Waals surface area contributed by atoms with Gasteiger partial charge in [-0.25, -0.2) is 4.79 Å². The van der Waals surface area contributed by atoms with Gasteiger partial charge in [0.25, 0.3) is 17.4 Å². The third-order valence-corrected chi connectivity index (χ3v) is 5.81. The van der Waals surface area contributed by atoms with Crippen molar-refractivity contribution < 1.29 is 33.4 Å². The number of carbonyl (C=O) groups is 4. The summed E-state index contributed by atoms with van der Waals surface area (Å²) in [5.74, 6) is -0.117. The highest BCUT2D eigenvalue weighted by Crippen LogP contribution is 2.29. The number of amides is 5. The highest BCUT2D eigenvalue weighted by atomic mass is 16.5. The lowest BCUT2D eigenvalue weighted by Crippen LogP contribution is -2.69. The summed E-state index contributed by atoms with van der Waals surface area (Å²) in [6.07, 6.45) is 1.45. The number of hydrogen-bond acceptors (Lipinski definition) is 7. The molecule has 0 saturated carbocycles. The Bertz CT molecular complexity index is 1080. The zero-order valence-corrected chi connectivity index (χ0v) is 19.4. The highest BCUT2D eigenvalue weighted by molar-refractivity contribution is 6.21. The lowest BCUT2D eigenvalue weighted by molar-refractivity contribution is -0.153. The van der Waals surface area contributed by atoms with Crippen molar-refractivity contribution in [1.82, 2.24) is 15.5 Å². The van der Waals surface area contributed by atoms with Gasteiger partial charge in [-0.05, 0) is 55.3 Å². The van der Waals surface area contributed by atoms with Gasteiger partial charge in [-0.15, -0.1) is 0 Å². The van der Waals surface area contributed by atoms with Crippen LogP contribution in [0.15, 0.2) is 48.5 Å². The molecule has 2 fully saturated rings. The van der Waals surface area contributed by atoms with Crippen LogP contribution < -0.4 is 20.1 Å². The number of benzene rings is 2. The maximum atomic E-state index is 12.6. The molecule has 2 heterocycles. The van der Waals surface area contributed by atoms with E-state index in [1.54, 1.807) is 31.2 Å². The SMILES string of the molecule is CCOCCC1(Oc2ccc(Oc3ccc(CN4CCCC4=O)cc3)cc2)C(=O)NC(=O)NC1=O. The molecular formula is C25H27N3O7. The Balaban J connectivity index is 1.41. The minimum absolute atomic E-state index is 0.0700. The summed E-state index contributed by atoms with van der Waals surface area (Å²) in [6, 6.07) is 13.0. The molecule has 0 atom stereocenters. The molecule has 0 aromatic heterocycles. The number of nitrogens with zero attached hydrogens (tertiary/aromatic N) is 1. The topological polar surface area (TPSA) is 123 Å². The van der Waals surface area contributed by atoms with Gasteiger partial charge in [-0.1, -0.05) is 12.1 Å². The van der Waals surface area contributed by atoms with E-state index >= 15 is 0 Å². The Kier molecular flexibility index (Phi) is 7.31. The van der Waals surface area contributed by atoms with Crippen LogP contribution in [0, 0.1) is 0 Å². The van der Waals surface area contributed by atoms with Crippen molar-refractivity contribution in [3.05, 3.63) is 54.1 Å². The van der Waals surface area contributed by atoms with E-state index in [2.05, 4.69) is 10.6 Å². The second-order valence-electron chi connectivity index (χ2n) is 8.25. The first-order valence-corrected chi connectivity index (χ1v) is 11.5. The van der Waals surface area contributed by atoms with E-state index in [1.165, 1.54) is 0 Å². The van der Waals surface area contributed by atoms with Gasteiger partial charge < -0.3 is 19.1 Å². The number of nitrogens with one attached hydrogen (secondary N) is 2. The van der Waals surface area contributed by atoms with Gasteiger partial charge in [-0.3, -0.25) is 25.0 Å². The molecule has 10 heteroatoms. The van der Waals surface area contributed by atoms with E-state index in [-0.39, 0.29) is 24.7 Å². The Morgan fingerprint density at radius 1 is 0.886 bits per heavy atom. The van der Waals surface area contributed by atoms with E-state index in [0.717, 1.165) is 18.5 Å². The average molecular weight is 482 g/mol. The van der Waals surface area contributed by atoms with Gasteiger partial charge in [0, 0.05) is 32.5 Å². The summed E-state index contributed by atoms with van der Waals surface area (Å²) in [7, 11) is 0. The molecule has 2 aromatic rings. The lowest BCUT2D eigenvalue weighted by atomic mass is 9.95. The number of hydrogen-bond donors (Lipinski definition) is 2. The largest absolute Gasteiger partial charge is 0.467 e. The first-order chi connectivity index (χ1) is 16.9. The van der Waals surface area contributed by atoms with E-state index in [1.807, 2.05) is 29.2 Å². The normalized spacial score (nSPS) is 17.2. The van der Waals surface area contributed by atoms with E-state index in [0.29, 0.717) is 31.1 Å². The van der Waals surface area contributed by atoms with Crippen molar-refractivity contribution in [1.29, 1.82) is 0 Å². The highest BCUT2D eigenvalue weighted by Gasteiger charge is 2.52. The lowest BCUT2D eigenvalue weighted by Gasteiger charge is -2.34. The molecule has 2 saturated heterocycles. The number of rotatable bonds is 10. The zero-order chi connectivity index (χ0) is 24.8. The smallest absolute Gasteiger partial charge is 0.328 e. The number of likely N-dealkylation sites (tertiary alicyclic amines) is 1. The fourth-order valence-corrected chi connectivity index (χ4v) is 3.94. The molecular weight excluding hydrogens is 454 g/mol. The number of imide groups is 2. The summed E-state index contributed by atoms with van der Waals surface area (Å²) in [6.45, 7) is 3.66. The molecule has 35 heavy (non-hydrogen) atoms. The molecule has 10 nitrogen and oxygen atoms in total. The molecule has 5 amide bonds. The maximum absolute atomic E-state index is 12.6. The van der Waals surface area contributed by atoms with Crippen molar-refractivity contribution in [2.45, 2.75) is 38.3 Å². The molecule has 0 radical (unpaired) electrons. The molecule has 4 rings (SSSR count). The standard InChI is InChI=1S/C25H27N3O7/c1-2-33-15-13-25(22(30)26-24(32)27-23(25)31)35-20-11-9-19(10-12-20)34-18-7-5-17(6-8-18)16-28-14-3-4-21(28)29/h5-12H,2-4,13-16H2,1H3,(H2,26,27,30,31,32). The van der Waals surface area contributed by atoms with Gasteiger partial charge in [-0.2, -0.15) is 0 Å². The Morgan fingerprint density at radius 2 is 1.49 bits per heavy atom. The van der Waals surface area contributed by atoms with Crippen molar-refractivity contribution in [3.8, 4) is 17.2 Å². The predicted octanol–water partition coefficient (Wildman–Crippen LogP) is 2.51. The van der Waals surface area contributed by atoms with Gasteiger partial charge in [0.15, 0.2) is 0 Å². The molecule has 184 valence electrons. The third kappa shape index (κ3) is 5.60. The quantitative estimate of drug-likeness (QED) is 0.395. The fraction of sp³-hybridized carbons (Fsp3) is 0.360. The summed E-state index contributed by atoms with van der Waals surface area (Å²) in [5.41, 5.74) is -0.908. The van der Waals surface area contributed by atoms with Crippen LogP contribution in [0.5, 0.6) is 17.2 Å². The van der Waals surface area contributed by atoms with Crippen LogP contribution in [0.25, 0.3) is 0 Å². The second kappa shape index (κ2) is 10.6. The molecule has 0 spiro atoms. The van der Waals surface area contributed by atoms with Crippen molar-refractivity contribution in [2.24, 2.45) is 0 Å². The molecule has 0 aliphatic carbocycles. The summed E-state index contributed by atoms with van der Waals surface area (Å²) in [4.78, 5) is 50.3. The molecule has 2 aliphatic heterocycles. The Labute approximate surface area is 202 Å². The summed E-state index contributed by atoms with van der Waals surface area (Å²) in [5, 5.41) is 4.17. The third-order valence-electron chi connectivity index (χ3n) is 5.81. The molecule has 2 aromatic carbocycles. The minimum atomic E-state index is -1.93. The average Bonchev–Trinajstić information content (AvgIpc) is 3.24. The molecule has 2 aliphatic rings. The number of barbiturate groups is 1. The number of carbonyl (C=O) groups excluding carboxylic acids is 4. The zero-order valence-electron chi connectivity index (χ0n) is 19.4. The van der Waals surface area contributed by atoms with Crippen LogP contribution in [0.3, 0.4) is 0 Å². The fourth-order valence-electron chi connectivity index (χ4n) is 3.94. The van der Waals surface area contributed by atoms with Crippen LogP contribution >= 0.6 is 0 Å². The molecule has 0 unspecified atom stereocenters. The van der Waals surface area contributed by atoms with Crippen molar-refractivity contribution >= 4 is 23.8 Å². The van der Waals surface area contributed by atoms with Crippen molar-refractivity contribution in [3.63, 3.8) is 0 Å². The van der Waals surface area contributed by atoms with Crippen LogP contribution in [0.1, 0.15) is 31.7 Å². The predicted molar refractivity (Wildman–Crippen MR) is 124 cm³/mol. The van der Waals surface area contributed by atoms with Crippen LogP contribution in [0.2, 0.25) is 0 Å². The minimum Gasteiger partial charge on any atom is -0.467 e. The Morgan fingerprint density at radius 3 is 2.06 bits per heavy atom. The van der Waals surface area contributed by atoms with E-state index in [4.69, 9.17) is 14.2 Å². The van der Waals surface area contributed by atoms with Crippen LogP contribution in [-0.2, 0) is 25.7 Å². The molecule has 0 bridgehead atoms. The Hall–Kier alpha value is -3.92. The van der Waals surface area contributed by atoms with E-state index < -0.39 is 23.4 Å². The first kappa shape index (κ1) is 24.2. The maximum Gasteiger partial charge on any atom is 0.328 e. The van der Waals surface area contributed by atoms with Gasteiger partial charge in [0.1, 0.15) is 17.2 Å².